The summed E-state index contributed by atoms with van der Waals surface area (Å²) in [7, 11) is 0. The number of rotatable bonds is 6. The predicted octanol–water partition coefficient (Wildman–Crippen LogP) is 1.74. The van der Waals surface area contributed by atoms with E-state index in [1.54, 1.807) is 27.7 Å². The Balaban J connectivity index is 2.38. The molecule has 6 nitrogen and oxygen atoms in total. The summed E-state index contributed by atoms with van der Waals surface area (Å²) in [5, 5.41) is 14.7. The maximum atomic E-state index is 11.8. The van der Waals surface area contributed by atoms with Gasteiger partial charge in [-0.2, -0.15) is 0 Å². The van der Waals surface area contributed by atoms with Crippen LogP contribution in [-0.2, 0) is 9.53 Å². The summed E-state index contributed by atoms with van der Waals surface area (Å²) in [6.07, 6.45) is 3.15. The standard InChI is InChI=1S/C14H26N2O4/c1-13(2,11(17)18)14(3,4)16-12(19)15-8-7-10-6-5-9-20-10/h10H,5-9H2,1-4H3,(H,17,18)(H2,15,16,19). The Kier molecular flexibility index (Phi) is 5.39. The van der Waals surface area contributed by atoms with Crippen molar-refractivity contribution in [1.82, 2.24) is 10.6 Å². The fraction of sp³-hybridized carbons (Fsp3) is 0.857. The van der Waals surface area contributed by atoms with Crippen molar-refractivity contribution < 1.29 is 19.4 Å². The van der Waals surface area contributed by atoms with Gasteiger partial charge in [0.25, 0.3) is 0 Å². The molecule has 0 spiro atoms. The first-order valence-corrected chi connectivity index (χ1v) is 7.08. The first-order chi connectivity index (χ1) is 9.17. The highest BCUT2D eigenvalue weighted by Crippen LogP contribution is 2.30. The number of carboxylic acids is 1. The number of aliphatic carboxylic acids is 1. The molecular weight excluding hydrogens is 260 g/mol. The first kappa shape index (κ1) is 16.8. The Labute approximate surface area is 120 Å². The number of hydrogen-bond acceptors (Lipinski definition) is 3. The number of carbonyl (C=O) groups is 2. The third-order valence-electron chi connectivity index (χ3n) is 4.30. The zero-order valence-electron chi connectivity index (χ0n) is 12.8. The van der Waals surface area contributed by atoms with Gasteiger partial charge in [0.15, 0.2) is 0 Å². The van der Waals surface area contributed by atoms with Crippen molar-refractivity contribution in [3.05, 3.63) is 0 Å². The molecular formula is C14H26N2O4. The summed E-state index contributed by atoms with van der Waals surface area (Å²) in [4.78, 5) is 23.1. The van der Waals surface area contributed by atoms with Gasteiger partial charge < -0.3 is 20.5 Å². The quantitative estimate of drug-likeness (QED) is 0.694. The van der Waals surface area contributed by atoms with Crippen molar-refractivity contribution in [2.45, 2.75) is 58.6 Å². The van der Waals surface area contributed by atoms with Crippen LogP contribution in [0.5, 0.6) is 0 Å². The molecule has 1 aliphatic heterocycles. The monoisotopic (exact) mass is 286 g/mol. The van der Waals surface area contributed by atoms with E-state index in [0.29, 0.717) is 6.54 Å². The van der Waals surface area contributed by atoms with Gasteiger partial charge in [0, 0.05) is 13.2 Å². The van der Waals surface area contributed by atoms with Crippen LogP contribution in [0.4, 0.5) is 4.79 Å². The zero-order valence-corrected chi connectivity index (χ0v) is 12.8. The first-order valence-electron chi connectivity index (χ1n) is 7.08. The number of hydrogen-bond donors (Lipinski definition) is 3. The van der Waals surface area contributed by atoms with Gasteiger partial charge in [-0.1, -0.05) is 0 Å². The molecule has 0 aromatic heterocycles. The third-order valence-corrected chi connectivity index (χ3v) is 4.30. The largest absolute Gasteiger partial charge is 0.481 e. The number of carboxylic acid groups (broad SMARTS) is 1. The van der Waals surface area contributed by atoms with Gasteiger partial charge in [0.1, 0.15) is 0 Å². The molecule has 116 valence electrons. The Morgan fingerprint density at radius 3 is 2.45 bits per heavy atom. The lowest BCUT2D eigenvalue weighted by Crippen LogP contribution is -2.59. The molecule has 1 aliphatic rings. The van der Waals surface area contributed by atoms with E-state index in [4.69, 9.17) is 4.74 Å². The molecule has 0 bridgehead atoms. The Morgan fingerprint density at radius 2 is 1.95 bits per heavy atom. The van der Waals surface area contributed by atoms with Crippen molar-refractivity contribution >= 4 is 12.0 Å². The minimum absolute atomic E-state index is 0.235. The van der Waals surface area contributed by atoms with Crippen LogP contribution in [0.1, 0.15) is 47.0 Å². The molecule has 1 unspecified atom stereocenters. The van der Waals surface area contributed by atoms with Gasteiger partial charge in [-0.15, -0.1) is 0 Å². The van der Waals surface area contributed by atoms with E-state index >= 15 is 0 Å². The van der Waals surface area contributed by atoms with Crippen LogP contribution >= 0.6 is 0 Å². The summed E-state index contributed by atoms with van der Waals surface area (Å²) in [6.45, 7) is 7.95. The number of carbonyl (C=O) groups excluding carboxylic acids is 1. The number of amides is 2. The molecule has 1 rings (SSSR count). The molecule has 20 heavy (non-hydrogen) atoms. The zero-order chi connectivity index (χ0) is 15.4. The lowest BCUT2D eigenvalue weighted by atomic mass is 9.74. The summed E-state index contributed by atoms with van der Waals surface area (Å²) in [6, 6.07) is -0.345. The highest BCUT2D eigenvalue weighted by Gasteiger charge is 2.44. The van der Waals surface area contributed by atoms with Gasteiger partial charge in [0.2, 0.25) is 0 Å². The average molecular weight is 286 g/mol. The van der Waals surface area contributed by atoms with Crippen LogP contribution in [-0.4, -0.2) is 41.9 Å². The summed E-state index contributed by atoms with van der Waals surface area (Å²) in [5.74, 6) is -0.942. The molecule has 0 radical (unpaired) electrons. The number of ether oxygens (including phenoxy) is 1. The minimum atomic E-state index is -1.06. The third kappa shape index (κ3) is 4.10. The Morgan fingerprint density at radius 1 is 1.30 bits per heavy atom. The van der Waals surface area contributed by atoms with Crippen LogP contribution in [0, 0.1) is 5.41 Å². The van der Waals surface area contributed by atoms with Crippen molar-refractivity contribution in [1.29, 1.82) is 0 Å². The number of nitrogens with one attached hydrogen (secondary N) is 2. The second kappa shape index (κ2) is 6.43. The molecule has 1 heterocycles. The normalized spacial score (nSPS) is 19.7. The van der Waals surface area contributed by atoms with Crippen molar-refractivity contribution in [2.75, 3.05) is 13.2 Å². The Bertz CT molecular complexity index is 360. The lowest BCUT2D eigenvalue weighted by Gasteiger charge is -2.38. The van der Waals surface area contributed by atoms with Gasteiger partial charge in [-0.3, -0.25) is 4.79 Å². The van der Waals surface area contributed by atoms with E-state index in [-0.39, 0.29) is 12.1 Å². The van der Waals surface area contributed by atoms with Crippen LogP contribution < -0.4 is 10.6 Å². The molecule has 6 heteroatoms. The minimum Gasteiger partial charge on any atom is -0.481 e. The second-order valence-corrected chi connectivity index (χ2v) is 6.36. The lowest BCUT2D eigenvalue weighted by molar-refractivity contribution is -0.150. The molecule has 1 fully saturated rings. The summed E-state index contributed by atoms with van der Waals surface area (Å²) in [5.41, 5.74) is -1.91. The highest BCUT2D eigenvalue weighted by atomic mass is 16.5. The molecule has 0 saturated carbocycles. The van der Waals surface area contributed by atoms with Gasteiger partial charge in [-0.25, -0.2) is 4.79 Å². The maximum Gasteiger partial charge on any atom is 0.315 e. The van der Waals surface area contributed by atoms with E-state index in [1.807, 2.05) is 0 Å². The van der Waals surface area contributed by atoms with Gasteiger partial charge in [0.05, 0.1) is 17.1 Å². The second-order valence-electron chi connectivity index (χ2n) is 6.36. The van der Waals surface area contributed by atoms with Crippen LogP contribution in [0.15, 0.2) is 0 Å². The smallest absolute Gasteiger partial charge is 0.315 e. The molecule has 1 saturated heterocycles. The molecule has 0 aliphatic carbocycles. The fourth-order valence-corrected chi connectivity index (χ4v) is 1.97. The predicted molar refractivity (Wildman–Crippen MR) is 75.6 cm³/mol. The van der Waals surface area contributed by atoms with E-state index in [0.717, 1.165) is 25.9 Å². The molecule has 0 aromatic rings. The van der Waals surface area contributed by atoms with E-state index in [1.165, 1.54) is 0 Å². The highest BCUT2D eigenvalue weighted by molar-refractivity contribution is 5.79. The molecule has 0 aromatic carbocycles. The van der Waals surface area contributed by atoms with E-state index in [9.17, 15) is 14.7 Å². The van der Waals surface area contributed by atoms with Gasteiger partial charge in [-0.05, 0) is 47.0 Å². The summed E-state index contributed by atoms with van der Waals surface area (Å²) >= 11 is 0. The molecule has 3 N–H and O–H groups in total. The van der Waals surface area contributed by atoms with Gasteiger partial charge >= 0.3 is 12.0 Å². The SMILES string of the molecule is CC(C)(NC(=O)NCCC1CCCO1)C(C)(C)C(=O)O. The van der Waals surface area contributed by atoms with Crippen molar-refractivity contribution in [3.8, 4) is 0 Å². The average Bonchev–Trinajstić information content (AvgIpc) is 2.80. The molecule has 1 atom stereocenters. The maximum absolute atomic E-state index is 11.8. The number of urea groups is 1. The topological polar surface area (TPSA) is 87.7 Å². The summed E-state index contributed by atoms with van der Waals surface area (Å²) < 4.78 is 5.47. The van der Waals surface area contributed by atoms with Crippen molar-refractivity contribution in [3.63, 3.8) is 0 Å². The van der Waals surface area contributed by atoms with Crippen molar-refractivity contribution in [2.24, 2.45) is 5.41 Å². The Hall–Kier alpha value is -1.30. The van der Waals surface area contributed by atoms with E-state index in [2.05, 4.69) is 10.6 Å². The molecule has 2 amide bonds. The van der Waals surface area contributed by atoms with Crippen LogP contribution in [0.3, 0.4) is 0 Å². The van der Waals surface area contributed by atoms with E-state index < -0.39 is 16.9 Å². The fourth-order valence-electron chi connectivity index (χ4n) is 1.97. The van der Waals surface area contributed by atoms with Crippen LogP contribution in [0.2, 0.25) is 0 Å². The van der Waals surface area contributed by atoms with Crippen LogP contribution in [0.25, 0.3) is 0 Å².